The predicted octanol–water partition coefficient (Wildman–Crippen LogP) is 5.87. The van der Waals surface area contributed by atoms with Crippen molar-refractivity contribution in [1.82, 2.24) is 9.97 Å². The van der Waals surface area contributed by atoms with E-state index in [1.807, 2.05) is 0 Å². The van der Waals surface area contributed by atoms with Crippen LogP contribution in [0.15, 0.2) is 24.3 Å². The molecule has 0 aliphatic carbocycles. The highest BCUT2D eigenvalue weighted by molar-refractivity contribution is 7.73. The zero-order chi connectivity index (χ0) is 19.2. The van der Waals surface area contributed by atoms with Gasteiger partial charge in [-0.15, -0.1) is 0 Å². The Morgan fingerprint density at radius 1 is 0.640 bits per heavy atom. The molecule has 4 heteroatoms. The Bertz CT molecular complexity index is 735. The van der Waals surface area contributed by atoms with Crippen molar-refractivity contribution in [2.45, 2.75) is 77.8 Å². The van der Waals surface area contributed by atoms with Crippen LogP contribution in [0.3, 0.4) is 0 Å². The number of fused-ring (bicyclic) bond motifs is 1. The van der Waals surface area contributed by atoms with E-state index in [0.29, 0.717) is 0 Å². The summed E-state index contributed by atoms with van der Waals surface area (Å²) in [7, 11) is -0.864. The van der Waals surface area contributed by atoms with Gasteiger partial charge in [0, 0.05) is 0 Å². The molecule has 0 spiro atoms. The molecule has 138 valence electrons. The second-order valence-electron chi connectivity index (χ2n) is 9.77. The molecule has 0 N–H and O–H groups in total. The molecular weight excluding hydrogens is 342 g/mol. The summed E-state index contributed by atoms with van der Waals surface area (Å²) in [6.45, 7) is 23.5. The average Bonchev–Trinajstić information content (AvgIpc) is 2.41. The molecule has 0 saturated carbocycles. The third-order valence-corrected chi connectivity index (χ3v) is 11.0. The third kappa shape index (κ3) is 4.58. The molecule has 1 unspecified atom stereocenters. The van der Waals surface area contributed by atoms with Crippen molar-refractivity contribution in [3.8, 4) is 0 Å². The van der Waals surface area contributed by atoms with Gasteiger partial charge in [-0.05, 0) is 42.2 Å². The summed E-state index contributed by atoms with van der Waals surface area (Å²) >= 11 is 0. The summed E-state index contributed by atoms with van der Waals surface area (Å²) in [6, 6.07) is 8.32. The summed E-state index contributed by atoms with van der Waals surface area (Å²) in [6.07, 6.45) is 0. The van der Waals surface area contributed by atoms with Gasteiger partial charge < -0.3 is 0 Å². The van der Waals surface area contributed by atoms with Crippen LogP contribution in [0.2, 0.25) is 0 Å². The molecule has 2 nitrogen and oxygen atoms in total. The maximum absolute atomic E-state index is 5.23. The molecule has 0 fully saturated rings. The fourth-order valence-corrected chi connectivity index (χ4v) is 9.05. The van der Waals surface area contributed by atoms with Gasteiger partial charge in [-0.2, -0.15) is 0 Å². The highest BCUT2D eigenvalue weighted by atomic mass is 31.1. The van der Waals surface area contributed by atoms with Gasteiger partial charge in [0.25, 0.3) is 0 Å². The van der Waals surface area contributed by atoms with Crippen molar-refractivity contribution in [3.05, 3.63) is 24.3 Å². The van der Waals surface area contributed by atoms with E-state index in [4.69, 9.17) is 9.97 Å². The number of rotatable bonds is 2. The van der Waals surface area contributed by atoms with E-state index >= 15 is 0 Å². The number of aromatic nitrogens is 2. The molecule has 1 aromatic heterocycles. The Balaban J connectivity index is 2.83. The van der Waals surface area contributed by atoms with Crippen LogP contribution in [-0.4, -0.2) is 32.1 Å². The summed E-state index contributed by atoms with van der Waals surface area (Å²) < 4.78 is 0. The minimum atomic E-state index is -0.469. The lowest BCUT2D eigenvalue weighted by Gasteiger charge is -2.42. The van der Waals surface area contributed by atoms with E-state index < -0.39 is 15.8 Å². The van der Waals surface area contributed by atoms with Crippen LogP contribution in [0.5, 0.6) is 0 Å². The highest BCUT2D eigenvalue weighted by Gasteiger charge is 2.40. The van der Waals surface area contributed by atoms with Crippen molar-refractivity contribution < 1.29 is 0 Å². The van der Waals surface area contributed by atoms with Gasteiger partial charge in [0.2, 0.25) is 0 Å². The third-order valence-electron chi connectivity index (χ3n) is 4.41. The maximum atomic E-state index is 5.23. The van der Waals surface area contributed by atoms with Crippen LogP contribution in [0.25, 0.3) is 11.0 Å². The molecular formula is C21H34N2P2. The Morgan fingerprint density at radius 2 is 1.04 bits per heavy atom. The molecule has 2 rings (SSSR count). The van der Waals surface area contributed by atoms with Crippen LogP contribution < -0.4 is 10.9 Å². The van der Waals surface area contributed by atoms with Gasteiger partial charge in [-0.3, -0.25) is 0 Å². The first kappa shape index (κ1) is 20.7. The van der Waals surface area contributed by atoms with Gasteiger partial charge in [0.15, 0.2) is 0 Å². The van der Waals surface area contributed by atoms with Crippen LogP contribution in [0, 0.1) is 0 Å². The lowest BCUT2D eigenvalue weighted by molar-refractivity contribution is 0.714. The average molecular weight is 376 g/mol. The van der Waals surface area contributed by atoms with E-state index in [2.05, 4.69) is 93.2 Å². The number of benzene rings is 1. The Hall–Kier alpha value is -0.580. The van der Waals surface area contributed by atoms with E-state index in [1.165, 1.54) is 10.9 Å². The molecule has 0 amide bonds. The highest BCUT2D eigenvalue weighted by Crippen LogP contribution is 2.59. The van der Waals surface area contributed by atoms with Gasteiger partial charge in [0.05, 0.1) is 21.9 Å². The molecule has 1 aromatic carbocycles. The number of hydrogen-bond acceptors (Lipinski definition) is 2. The molecule has 0 bridgehead atoms. The van der Waals surface area contributed by atoms with E-state index in [-0.39, 0.29) is 15.5 Å². The van der Waals surface area contributed by atoms with Crippen molar-refractivity contribution in [2.24, 2.45) is 0 Å². The summed E-state index contributed by atoms with van der Waals surface area (Å²) in [4.78, 5) is 10.4. The first-order chi connectivity index (χ1) is 11.2. The predicted molar refractivity (Wildman–Crippen MR) is 118 cm³/mol. The zero-order valence-corrected chi connectivity index (χ0v) is 19.4. The molecule has 0 aliphatic rings. The minimum absolute atomic E-state index is 0.188. The van der Waals surface area contributed by atoms with Crippen molar-refractivity contribution in [1.29, 1.82) is 0 Å². The van der Waals surface area contributed by atoms with Crippen molar-refractivity contribution >= 4 is 37.7 Å². The van der Waals surface area contributed by atoms with E-state index in [1.54, 1.807) is 0 Å². The normalized spacial score (nSPS) is 15.0. The molecule has 2 aromatic rings. The second-order valence-corrected chi connectivity index (χ2v) is 16.4. The van der Waals surface area contributed by atoms with Gasteiger partial charge >= 0.3 is 0 Å². The molecule has 25 heavy (non-hydrogen) atoms. The Morgan fingerprint density at radius 3 is 1.40 bits per heavy atom. The summed E-state index contributed by atoms with van der Waals surface area (Å²) in [5, 5.41) is 0.596. The van der Waals surface area contributed by atoms with E-state index in [0.717, 1.165) is 11.0 Å². The molecule has 1 heterocycles. The second kappa shape index (κ2) is 6.86. The largest absolute Gasteiger partial charge is 0.244 e. The zero-order valence-electron chi connectivity index (χ0n) is 17.6. The van der Waals surface area contributed by atoms with E-state index in [9.17, 15) is 0 Å². The summed E-state index contributed by atoms with van der Waals surface area (Å²) in [5.74, 6) is 0. The lowest BCUT2D eigenvalue weighted by Crippen LogP contribution is -2.41. The topological polar surface area (TPSA) is 25.8 Å². The minimum Gasteiger partial charge on any atom is -0.244 e. The fraction of sp³-hybridized carbons (Fsp3) is 0.619. The van der Waals surface area contributed by atoms with Crippen LogP contribution in [-0.2, 0) is 0 Å². The first-order valence-electron chi connectivity index (χ1n) is 9.04. The standard InChI is InChI=1S/C21H34N2P2/c1-19(2,3)24(10)17-18(25(20(4,5)6)21(7,8)9)23-16-14-12-11-13-15(16)22-17/h11-14H,1-10H3. The van der Waals surface area contributed by atoms with Crippen LogP contribution in [0.4, 0.5) is 0 Å². The quantitative estimate of drug-likeness (QED) is 0.613. The van der Waals surface area contributed by atoms with Gasteiger partial charge in [-0.1, -0.05) is 82.4 Å². The SMILES string of the molecule is CP(c1nc2ccccc2nc1P(C(C)(C)C)C(C)(C)C)C(C)(C)C. The first-order valence-corrected chi connectivity index (χ1v) is 12.2. The Labute approximate surface area is 156 Å². The lowest BCUT2D eigenvalue weighted by atomic mass is 10.2. The van der Waals surface area contributed by atoms with Gasteiger partial charge in [0.1, 0.15) is 0 Å². The number of hydrogen-bond donors (Lipinski definition) is 0. The Kier molecular flexibility index (Phi) is 5.69. The number of nitrogens with zero attached hydrogens (tertiary/aromatic N) is 2. The van der Waals surface area contributed by atoms with Gasteiger partial charge in [-0.25, -0.2) is 9.97 Å². The smallest absolute Gasteiger partial charge is 0.0907 e. The maximum Gasteiger partial charge on any atom is 0.0907 e. The fourth-order valence-electron chi connectivity index (χ4n) is 3.32. The van der Waals surface area contributed by atoms with Crippen LogP contribution in [0.1, 0.15) is 62.3 Å². The number of para-hydroxylation sites is 2. The monoisotopic (exact) mass is 376 g/mol. The van der Waals surface area contributed by atoms with Crippen LogP contribution >= 0.6 is 15.8 Å². The molecule has 1 atom stereocenters. The molecule has 0 radical (unpaired) electrons. The molecule has 0 saturated heterocycles. The van der Waals surface area contributed by atoms with Crippen molar-refractivity contribution in [2.75, 3.05) is 6.66 Å². The summed E-state index contributed by atoms with van der Waals surface area (Å²) in [5.41, 5.74) is 4.59. The molecule has 0 aliphatic heterocycles. The van der Waals surface area contributed by atoms with Crippen molar-refractivity contribution in [3.63, 3.8) is 0 Å².